The second-order valence-corrected chi connectivity index (χ2v) is 5.94. The fraction of sp³-hybridized carbons (Fsp3) is 0.375. The molecule has 3 rings (SSSR count). The van der Waals surface area contributed by atoms with Crippen molar-refractivity contribution in [2.45, 2.75) is 19.4 Å². The van der Waals surface area contributed by atoms with Crippen LogP contribution in [0.2, 0.25) is 5.02 Å². The lowest BCUT2D eigenvalue weighted by Crippen LogP contribution is -2.39. The average Bonchev–Trinajstić information content (AvgIpc) is 3.01. The lowest BCUT2D eigenvalue weighted by molar-refractivity contribution is 0.0683. The molecule has 0 radical (unpaired) electrons. The van der Waals surface area contributed by atoms with Crippen molar-refractivity contribution in [3.8, 4) is 0 Å². The summed E-state index contributed by atoms with van der Waals surface area (Å²) in [5.74, 6) is 0.723. The lowest BCUT2D eigenvalue weighted by Gasteiger charge is -2.32. The Morgan fingerprint density at radius 1 is 1.24 bits per heavy atom. The van der Waals surface area contributed by atoms with E-state index in [0.717, 1.165) is 32.5 Å². The highest BCUT2D eigenvalue weighted by atomic mass is 35.5. The van der Waals surface area contributed by atoms with Crippen LogP contribution in [0.1, 0.15) is 23.2 Å². The van der Waals surface area contributed by atoms with Gasteiger partial charge < -0.3 is 9.47 Å². The normalized spacial score (nSPS) is 16.1. The van der Waals surface area contributed by atoms with Gasteiger partial charge in [0.2, 0.25) is 0 Å². The van der Waals surface area contributed by atoms with Crippen LogP contribution in [0, 0.1) is 5.92 Å². The van der Waals surface area contributed by atoms with Crippen molar-refractivity contribution < 1.29 is 4.79 Å². The van der Waals surface area contributed by atoms with E-state index in [0.29, 0.717) is 16.5 Å². The quantitative estimate of drug-likeness (QED) is 0.874. The van der Waals surface area contributed by atoms with Gasteiger partial charge in [0.1, 0.15) is 0 Å². The van der Waals surface area contributed by atoms with E-state index in [2.05, 4.69) is 9.55 Å². The van der Waals surface area contributed by atoms with E-state index in [4.69, 9.17) is 11.6 Å². The van der Waals surface area contributed by atoms with E-state index in [1.54, 1.807) is 30.5 Å². The Bertz CT molecular complexity index is 586. The number of hydrogen-bond donors (Lipinski definition) is 0. The molecule has 1 aliphatic heterocycles. The Morgan fingerprint density at radius 2 is 1.95 bits per heavy atom. The number of carbonyl (C=O) groups is 1. The van der Waals surface area contributed by atoms with Gasteiger partial charge in [0.25, 0.3) is 5.91 Å². The van der Waals surface area contributed by atoms with Crippen LogP contribution in [0.3, 0.4) is 0 Å². The second-order valence-electron chi connectivity index (χ2n) is 5.50. The molecule has 0 saturated carbocycles. The molecule has 1 aliphatic rings. The van der Waals surface area contributed by atoms with Gasteiger partial charge in [-0.1, -0.05) is 11.6 Å². The van der Waals surface area contributed by atoms with Gasteiger partial charge in [0, 0.05) is 42.6 Å². The summed E-state index contributed by atoms with van der Waals surface area (Å²) in [6.45, 7) is 2.63. The molecule has 5 heteroatoms. The molecule has 0 unspecified atom stereocenters. The first-order valence-electron chi connectivity index (χ1n) is 7.23. The number of amides is 1. The fourth-order valence-corrected chi connectivity index (χ4v) is 2.91. The van der Waals surface area contributed by atoms with Crippen molar-refractivity contribution >= 4 is 17.5 Å². The number of halogens is 1. The van der Waals surface area contributed by atoms with Crippen LogP contribution in [0.15, 0.2) is 43.0 Å². The third-order valence-corrected chi connectivity index (χ3v) is 4.27. The number of likely N-dealkylation sites (tertiary alicyclic amines) is 1. The first kappa shape index (κ1) is 14.1. The molecule has 0 spiro atoms. The van der Waals surface area contributed by atoms with Gasteiger partial charge in [-0.25, -0.2) is 4.98 Å². The van der Waals surface area contributed by atoms with Gasteiger partial charge in [-0.15, -0.1) is 0 Å². The van der Waals surface area contributed by atoms with Crippen molar-refractivity contribution in [2.24, 2.45) is 5.92 Å². The highest BCUT2D eigenvalue weighted by molar-refractivity contribution is 6.30. The molecule has 1 aromatic heterocycles. The molecular weight excluding hydrogens is 286 g/mol. The molecule has 2 heterocycles. The molecule has 1 saturated heterocycles. The van der Waals surface area contributed by atoms with Crippen molar-refractivity contribution in [1.29, 1.82) is 0 Å². The maximum atomic E-state index is 12.4. The van der Waals surface area contributed by atoms with E-state index in [9.17, 15) is 4.79 Å². The molecule has 4 nitrogen and oxygen atoms in total. The zero-order valence-electron chi connectivity index (χ0n) is 11.8. The van der Waals surface area contributed by atoms with Crippen molar-refractivity contribution in [1.82, 2.24) is 14.5 Å². The molecular formula is C16H18ClN3O. The zero-order valence-corrected chi connectivity index (χ0v) is 12.5. The number of rotatable bonds is 3. The topological polar surface area (TPSA) is 38.1 Å². The Hall–Kier alpha value is -1.81. The standard InChI is InChI=1S/C16H18ClN3O/c17-15-3-1-14(2-4-15)16(21)20-8-5-13(6-9-20)11-19-10-7-18-12-19/h1-4,7,10,12-13H,5-6,8-9,11H2. The van der Waals surface area contributed by atoms with E-state index < -0.39 is 0 Å². The Morgan fingerprint density at radius 3 is 2.57 bits per heavy atom. The van der Waals surface area contributed by atoms with Crippen molar-refractivity contribution in [3.05, 3.63) is 53.6 Å². The van der Waals surface area contributed by atoms with Crippen molar-refractivity contribution in [2.75, 3.05) is 13.1 Å². The Labute approximate surface area is 129 Å². The molecule has 0 aliphatic carbocycles. The number of hydrogen-bond acceptors (Lipinski definition) is 2. The average molecular weight is 304 g/mol. The van der Waals surface area contributed by atoms with Crippen LogP contribution in [0.25, 0.3) is 0 Å². The molecule has 1 fully saturated rings. The van der Waals surface area contributed by atoms with Gasteiger partial charge in [-0.2, -0.15) is 0 Å². The number of nitrogens with zero attached hydrogens (tertiary/aromatic N) is 3. The molecule has 0 bridgehead atoms. The SMILES string of the molecule is O=C(c1ccc(Cl)cc1)N1CCC(Cn2ccnc2)CC1. The molecule has 1 amide bonds. The lowest BCUT2D eigenvalue weighted by atomic mass is 9.96. The molecule has 21 heavy (non-hydrogen) atoms. The van der Waals surface area contributed by atoms with Gasteiger partial charge >= 0.3 is 0 Å². The van der Waals surface area contributed by atoms with Crippen LogP contribution in [-0.4, -0.2) is 33.4 Å². The molecule has 0 N–H and O–H groups in total. The molecule has 110 valence electrons. The number of piperidine rings is 1. The van der Waals surface area contributed by atoms with Crippen LogP contribution >= 0.6 is 11.6 Å². The minimum atomic E-state index is 0.104. The number of carbonyl (C=O) groups excluding carboxylic acids is 1. The number of imidazole rings is 1. The summed E-state index contributed by atoms with van der Waals surface area (Å²) in [5.41, 5.74) is 0.715. The van der Waals surface area contributed by atoms with E-state index >= 15 is 0 Å². The molecule has 2 aromatic rings. The summed E-state index contributed by atoms with van der Waals surface area (Å²) in [6, 6.07) is 7.12. The van der Waals surface area contributed by atoms with Crippen molar-refractivity contribution in [3.63, 3.8) is 0 Å². The van der Waals surface area contributed by atoms with E-state index in [1.165, 1.54) is 0 Å². The van der Waals surface area contributed by atoms with Crippen LogP contribution in [0.4, 0.5) is 0 Å². The number of benzene rings is 1. The zero-order chi connectivity index (χ0) is 14.7. The minimum absolute atomic E-state index is 0.104. The highest BCUT2D eigenvalue weighted by Gasteiger charge is 2.23. The summed E-state index contributed by atoms with van der Waals surface area (Å²) in [7, 11) is 0. The minimum Gasteiger partial charge on any atom is -0.339 e. The van der Waals surface area contributed by atoms with Gasteiger partial charge in [0.15, 0.2) is 0 Å². The third-order valence-electron chi connectivity index (χ3n) is 4.02. The third kappa shape index (κ3) is 3.45. The summed E-state index contributed by atoms with van der Waals surface area (Å²) >= 11 is 5.86. The van der Waals surface area contributed by atoms with Gasteiger partial charge in [-0.3, -0.25) is 4.79 Å². The van der Waals surface area contributed by atoms with Gasteiger partial charge in [0.05, 0.1) is 6.33 Å². The summed E-state index contributed by atoms with van der Waals surface area (Å²) in [4.78, 5) is 18.4. The van der Waals surface area contributed by atoms with E-state index in [-0.39, 0.29) is 5.91 Å². The smallest absolute Gasteiger partial charge is 0.253 e. The summed E-state index contributed by atoms with van der Waals surface area (Å²) < 4.78 is 2.11. The maximum absolute atomic E-state index is 12.4. The summed E-state index contributed by atoms with van der Waals surface area (Å²) in [5, 5.41) is 0.658. The monoisotopic (exact) mass is 303 g/mol. The first-order chi connectivity index (χ1) is 10.2. The molecule has 0 atom stereocenters. The van der Waals surface area contributed by atoms with Crippen LogP contribution in [0.5, 0.6) is 0 Å². The molecule has 1 aromatic carbocycles. The predicted octanol–water partition coefficient (Wildman–Crippen LogP) is 3.09. The second kappa shape index (κ2) is 6.31. The van der Waals surface area contributed by atoms with Crippen LogP contribution in [-0.2, 0) is 6.54 Å². The Balaban J connectivity index is 1.55. The first-order valence-corrected chi connectivity index (χ1v) is 7.61. The van der Waals surface area contributed by atoms with Crippen LogP contribution < -0.4 is 0 Å². The highest BCUT2D eigenvalue weighted by Crippen LogP contribution is 2.21. The maximum Gasteiger partial charge on any atom is 0.253 e. The van der Waals surface area contributed by atoms with E-state index in [1.807, 2.05) is 17.4 Å². The Kier molecular flexibility index (Phi) is 4.25. The number of aromatic nitrogens is 2. The summed E-state index contributed by atoms with van der Waals surface area (Å²) in [6.07, 6.45) is 7.73. The fourth-order valence-electron chi connectivity index (χ4n) is 2.79. The predicted molar refractivity (Wildman–Crippen MR) is 82.3 cm³/mol. The largest absolute Gasteiger partial charge is 0.339 e. The van der Waals surface area contributed by atoms with Gasteiger partial charge in [-0.05, 0) is 43.0 Å².